The van der Waals surface area contributed by atoms with Crippen molar-refractivity contribution in [2.75, 3.05) is 26.7 Å². The van der Waals surface area contributed by atoms with Gasteiger partial charge in [0.1, 0.15) is 11.6 Å². The highest BCUT2D eigenvalue weighted by molar-refractivity contribution is 7.13. The van der Waals surface area contributed by atoms with E-state index >= 15 is 0 Å². The van der Waals surface area contributed by atoms with Gasteiger partial charge >= 0.3 is 0 Å². The minimum absolute atomic E-state index is 0.0881. The van der Waals surface area contributed by atoms with E-state index < -0.39 is 0 Å². The fraction of sp³-hybridized carbons (Fsp3) is 0.474. The first-order valence-corrected chi connectivity index (χ1v) is 10.0. The summed E-state index contributed by atoms with van der Waals surface area (Å²) in [5, 5.41) is 11.2. The Morgan fingerprint density at radius 2 is 2.08 bits per heavy atom. The van der Waals surface area contributed by atoms with Gasteiger partial charge < -0.3 is 8.98 Å². The van der Waals surface area contributed by atoms with Crippen LogP contribution >= 0.6 is 11.3 Å². The van der Waals surface area contributed by atoms with E-state index in [0.29, 0.717) is 0 Å². The van der Waals surface area contributed by atoms with Gasteiger partial charge in [0, 0.05) is 19.6 Å². The van der Waals surface area contributed by atoms with Crippen molar-refractivity contribution in [1.82, 2.24) is 24.6 Å². The first-order chi connectivity index (χ1) is 12.7. The van der Waals surface area contributed by atoms with Gasteiger partial charge in [-0.3, -0.25) is 9.80 Å². The Morgan fingerprint density at radius 3 is 2.81 bits per heavy atom. The number of hydrogen-bond donors (Lipinski definition) is 0. The lowest BCUT2D eigenvalue weighted by Gasteiger charge is -2.48. The standard InChI is InChI=1S/C19H23N5OS/c1-22-13-17-20-21-18(16-5-3-11-26-16)24(17)19(14-22)6-8-23(9-7-19)12-15-4-2-10-25-15/h2-5,10-11H,6-9,12-14H2,1H3. The maximum Gasteiger partial charge on any atom is 0.174 e. The molecule has 6 nitrogen and oxygen atoms in total. The van der Waals surface area contributed by atoms with Crippen molar-refractivity contribution in [3.05, 3.63) is 47.5 Å². The summed E-state index contributed by atoms with van der Waals surface area (Å²) in [4.78, 5) is 6.10. The van der Waals surface area contributed by atoms with Crippen LogP contribution in [0.2, 0.25) is 0 Å². The van der Waals surface area contributed by atoms with Crippen LogP contribution in [0.1, 0.15) is 24.4 Å². The van der Waals surface area contributed by atoms with Gasteiger partial charge in [-0.15, -0.1) is 21.5 Å². The number of aromatic nitrogens is 3. The molecule has 5 heterocycles. The molecule has 1 saturated heterocycles. The summed E-state index contributed by atoms with van der Waals surface area (Å²) in [5.74, 6) is 3.19. The largest absolute Gasteiger partial charge is 0.468 e. The molecule has 0 unspecified atom stereocenters. The van der Waals surface area contributed by atoms with Crippen LogP contribution in [0.5, 0.6) is 0 Å². The fourth-order valence-electron chi connectivity index (χ4n) is 4.49. The van der Waals surface area contributed by atoms with Crippen molar-refractivity contribution in [2.45, 2.75) is 31.5 Å². The number of likely N-dealkylation sites (N-methyl/N-ethyl adjacent to an activating group) is 1. The van der Waals surface area contributed by atoms with Crippen LogP contribution in [-0.2, 0) is 18.6 Å². The smallest absolute Gasteiger partial charge is 0.174 e. The predicted molar refractivity (Wildman–Crippen MR) is 101 cm³/mol. The lowest BCUT2D eigenvalue weighted by Crippen LogP contribution is -2.55. The van der Waals surface area contributed by atoms with E-state index in [-0.39, 0.29) is 5.54 Å². The van der Waals surface area contributed by atoms with Crippen LogP contribution in [0, 0.1) is 0 Å². The van der Waals surface area contributed by atoms with E-state index in [1.54, 1.807) is 17.6 Å². The molecule has 5 rings (SSSR count). The third-order valence-corrected chi connectivity index (χ3v) is 6.53. The van der Waals surface area contributed by atoms with E-state index in [4.69, 9.17) is 4.42 Å². The van der Waals surface area contributed by atoms with Gasteiger partial charge in [0.25, 0.3) is 0 Å². The van der Waals surface area contributed by atoms with Gasteiger partial charge in [0.2, 0.25) is 0 Å². The summed E-state index contributed by atoms with van der Waals surface area (Å²) >= 11 is 1.75. The summed E-state index contributed by atoms with van der Waals surface area (Å²) in [6, 6.07) is 8.27. The van der Waals surface area contributed by atoms with E-state index in [2.05, 4.69) is 55.2 Å². The van der Waals surface area contributed by atoms with Crippen LogP contribution < -0.4 is 0 Å². The van der Waals surface area contributed by atoms with Gasteiger partial charge in [0.15, 0.2) is 5.82 Å². The Balaban J connectivity index is 1.44. The van der Waals surface area contributed by atoms with Crippen LogP contribution in [0.25, 0.3) is 10.7 Å². The lowest BCUT2D eigenvalue weighted by molar-refractivity contribution is 0.0467. The van der Waals surface area contributed by atoms with Crippen molar-refractivity contribution in [2.24, 2.45) is 0 Å². The SMILES string of the molecule is CN1Cc2nnc(-c3cccs3)n2C2(CCN(Cc3ccco3)CC2)C1. The molecule has 0 aromatic carbocycles. The second kappa shape index (κ2) is 6.33. The Hall–Kier alpha value is -1.96. The molecule has 0 aliphatic carbocycles. The van der Waals surface area contributed by atoms with Gasteiger partial charge in [-0.25, -0.2) is 0 Å². The number of likely N-dealkylation sites (tertiary alicyclic amines) is 1. The second-order valence-electron chi connectivity index (χ2n) is 7.50. The number of fused-ring (bicyclic) bond motifs is 2. The molecule has 0 bridgehead atoms. The molecule has 7 heteroatoms. The Morgan fingerprint density at radius 1 is 1.19 bits per heavy atom. The molecule has 0 amide bonds. The van der Waals surface area contributed by atoms with E-state index in [9.17, 15) is 0 Å². The topological polar surface area (TPSA) is 50.3 Å². The highest BCUT2D eigenvalue weighted by Gasteiger charge is 2.43. The summed E-state index contributed by atoms with van der Waals surface area (Å²) in [6.45, 7) is 4.96. The number of hydrogen-bond acceptors (Lipinski definition) is 6. The third-order valence-electron chi connectivity index (χ3n) is 5.67. The summed E-state index contributed by atoms with van der Waals surface area (Å²) in [7, 11) is 2.19. The zero-order chi connectivity index (χ0) is 17.6. The zero-order valence-electron chi connectivity index (χ0n) is 15.0. The predicted octanol–water partition coefficient (Wildman–Crippen LogP) is 3.04. The van der Waals surface area contributed by atoms with Crippen molar-refractivity contribution in [1.29, 1.82) is 0 Å². The number of rotatable bonds is 3. The van der Waals surface area contributed by atoms with E-state index in [1.165, 1.54) is 4.88 Å². The minimum atomic E-state index is 0.0881. The average molecular weight is 369 g/mol. The highest BCUT2D eigenvalue weighted by atomic mass is 32.1. The fourth-order valence-corrected chi connectivity index (χ4v) is 5.18. The molecular formula is C19H23N5OS. The number of piperidine rings is 1. The molecule has 1 spiro atoms. The molecule has 2 aliphatic rings. The van der Waals surface area contributed by atoms with Crippen molar-refractivity contribution in [3.63, 3.8) is 0 Å². The minimum Gasteiger partial charge on any atom is -0.468 e. The maximum atomic E-state index is 5.53. The number of nitrogens with zero attached hydrogens (tertiary/aromatic N) is 5. The van der Waals surface area contributed by atoms with Crippen LogP contribution in [0.4, 0.5) is 0 Å². The van der Waals surface area contributed by atoms with Gasteiger partial charge in [0.05, 0.1) is 29.8 Å². The maximum absolute atomic E-state index is 5.53. The van der Waals surface area contributed by atoms with E-state index in [0.717, 1.165) is 63.0 Å². The van der Waals surface area contributed by atoms with Crippen molar-refractivity contribution >= 4 is 11.3 Å². The van der Waals surface area contributed by atoms with Gasteiger partial charge in [-0.2, -0.15) is 0 Å². The normalized spacial score (nSPS) is 20.5. The molecule has 1 fully saturated rings. The highest BCUT2D eigenvalue weighted by Crippen LogP contribution is 2.39. The summed E-state index contributed by atoms with van der Waals surface area (Å²) < 4.78 is 7.99. The Bertz CT molecular complexity index is 862. The first kappa shape index (κ1) is 16.2. The van der Waals surface area contributed by atoms with Gasteiger partial charge in [-0.05, 0) is 43.5 Å². The van der Waals surface area contributed by atoms with Crippen LogP contribution in [0.15, 0.2) is 40.3 Å². The summed E-state index contributed by atoms with van der Waals surface area (Å²) in [5.41, 5.74) is 0.0881. The van der Waals surface area contributed by atoms with Crippen LogP contribution in [-0.4, -0.2) is 51.2 Å². The lowest BCUT2D eigenvalue weighted by atomic mass is 9.84. The quantitative estimate of drug-likeness (QED) is 0.710. The second-order valence-corrected chi connectivity index (χ2v) is 8.45. The van der Waals surface area contributed by atoms with Crippen molar-refractivity contribution in [3.8, 4) is 10.7 Å². The molecule has 26 heavy (non-hydrogen) atoms. The molecule has 0 saturated carbocycles. The van der Waals surface area contributed by atoms with Gasteiger partial charge in [-0.1, -0.05) is 6.07 Å². The molecular weight excluding hydrogens is 346 g/mol. The zero-order valence-corrected chi connectivity index (χ0v) is 15.8. The van der Waals surface area contributed by atoms with Crippen LogP contribution in [0.3, 0.4) is 0 Å². The molecule has 3 aromatic rings. The molecule has 0 atom stereocenters. The Kier molecular flexibility index (Phi) is 3.95. The Labute approximate surface area is 157 Å². The first-order valence-electron chi connectivity index (χ1n) is 9.15. The van der Waals surface area contributed by atoms with Crippen molar-refractivity contribution < 1.29 is 4.42 Å². The summed E-state index contributed by atoms with van der Waals surface area (Å²) in [6.07, 6.45) is 3.98. The van der Waals surface area contributed by atoms with E-state index in [1.807, 2.05) is 6.07 Å². The molecule has 2 aliphatic heterocycles. The molecule has 136 valence electrons. The number of thiophene rings is 1. The monoisotopic (exact) mass is 369 g/mol. The molecule has 0 radical (unpaired) electrons. The average Bonchev–Trinajstić information content (AvgIpc) is 3.37. The number of furan rings is 1. The molecule has 3 aromatic heterocycles. The molecule has 0 N–H and O–H groups in total. The third kappa shape index (κ3) is 2.71.